The highest BCUT2D eigenvalue weighted by Crippen LogP contribution is 2.26. The summed E-state index contributed by atoms with van der Waals surface area (Å²) in [5.41, 5.74) is 2.88. The van der Waals surface area contributed by atoms with Gasteiger partial charge in [0.2, 0.25) is 0 Å². The molecule has 1 aromatic heterocycles. The van der Waals surface area contributed by atoms with Crippen LogP contribution in [-0.4, -0.2) is 51.6 Å². The van der Waals surface area contributed by atoms with Crippen LogP contribution in [0.1, 0.15) is 54.6 Å². The SMILES string of the molecule is O=C(c1cncc(-c2cc(O)cc(CC[C@@H]3CCCCN3)c2)n1)N1CCCC1. The zero-order chi connectivity index (χ0) is 19.3. The lowest BCUT2D eigenvalue weighted by Crippen LogP contribution is -2.34. The zero-order valence-corrected chi connectivity index (χ0v) is 16.2. The standard InChI is InChI=1S/C22H28N4O2/c27-19-12-16(6-7-18-5-1-2-8-24-18)11-17(13-19)20-14-23-15-21(25-20)22(28)26-9-3-4-10-26/h11-15,18,24,27H,1-10H2/t18-/m0/s1. The Balaban J connectivity index is 1.51. The number of phenolic OH excluding ortho intramolecular Hbond substituents is 1. The van der Waals surface area contributed by atoms with E-state index in [-0.39, 0.29) is 11.7 Å². The second-order valence-corrected chi connectivity index (χ2v) is 7.86. The van der Waals surface area contributed by atoms with E-state index in [9.17, 15) is 9.90 Å². The second kappa shape index (κ2) is 8.69. The van der Waals surface area contributed by atoms with Crippen molar-refractivity contribution in [2.45, 2.75) is 51.0 Å². The topological polar surface area (TPSA) is 78.3 Å². The van der Waals surface area contributed by atoms with Gasteiger partial charge >= 0.3 is 0 Å². The van der Waals surface area contributed by atoms with Crippen molar-refractivity contribution in [1.29, 1.82) is 0 Å². The summed E-state index contributed by atoms with van der Waals surface area (Å²) in [6, 6.07) is 6.12. The lowest BCUT2D eigenvalue weighted by atomic mass is 9.96. The summed E-state index contributed by atoms with van der Waals surface area (Å²) in [6.45, 7) is 2.68. The van der Waals surface area contributed by atoms with Crippen LogP contribution in [0.5, 0.6) is 5.75 Å². The molecule has 1 atom stereocenters. The molecular weight excluding hydrogens is 352 g/mol. The van der Waals surface area contributed by atoms with E-state index >= 15 is 0 Å². The number of nitrogens with zero attached hydrogens (tertiary/aromatic N) is 3. The van der Waals surface area contributed by atoms with Gasteiger partial charge in [-0.25, -0.2) is 4.98 Å². The molecule has 6 heteroatoms. The summed E-state index contributed by atoms with van der Waals surface area (Å²) in [5, 5.41) is 13.8. The van der Waals surface area contributed by atoms with Crippen molar-refractivity contribution >= 4 is 5.91 Å². The maximum Gasteiger partial charge on any atom is 0.274 e. The number of carbonyl (C=O) groups excluding carboxylic acids is 1. The smallest absolute Gasteiger partial charge is 0.274 e. The second-order valence-electron chi connectivity index (χ2n) is 7.86. The maximum absolute atomic E-state index is 12.6. The minimum atomic E-state index is -0.0596. The van der Waals surface area contributed by atoms with Crippen LogP contribution in [0.25, 0.3) is 11.3 Å². The fourth-order valence-electron chi connectivity index (χ4n) is 4.17. The monoisotopic (exact) mass is 380 g/mol. The first-order valence-electron chi connectivity index (χ1n) is 10.4. The number of amides is 1. The van der Waals surface area contributed by atoms with E-state index in [2.05, 4.69) is 21.4 Å². The number of piperidine rings is 1. The number of nitrogens with one attached hydrogen (secondary N) is 1. The summed E-state index contributed by atoms with van der Waals surface area (Å²) in [7, 11) is 0. The van der Waals surface area contributed by atoms with Gasteiger partial charge in [-0.3, -0.25) is 9.78 Å². The normalized spacial score (nSPS) is 19.7. The number of hydrogen-bond donors (Lipinski definition) is 2. The molecule has 1 aromatic carbocycles. The fraction of sp³-hybridized carbons (Fsp3) is 0.500. The van der Waals surface area contributed by atoms with Gasteiger partial charge < -0.3 is 15.3 Å². The number of rotatable bonds is 5. The van der Waals surface area contributed by atoms with Gasteiger partial charge in [0.1, 0.15) is 11.4 Å². The maximum atomic E-state index is 12.6. The van der Waals surface area contributed by atoms with E-state index in [4.69, 9.17) is 0 Å². The molecule has 2 fully saturated rings. The van der Waals surface area contributed by atoms with Crippen LogP contribution in [0.3, 0.4) is 0 Å². The van der Waals surface area contributed by atoms with Gasteiger partial charge in [-0.1, -0.05) is 6.42 Å². The van der Waals surface area contributed by atoms with Crippen molar-refractivity contribution < 1.29 is 9.90 Å². The molecule has 0 spiro atoms. The van der Waals surface area contributed by atoms with Crippen molar-refractivity contribution in [3.8, 4) is 17.0 Å². The summed E-state index contributed by atoms with van der Waals surface area (Å²) >= 11 is 0. The van der Waals surface area contributed by atoms with Crippen molar-refractivity contribution in [3.63, 3.8) is 0 Å². The Bertz CT molecular complexity index is 827. The van der Waals surface area contributed by atoms with Crippen LogP contribution in [0, 0.1) is 0 Å². The highest BCUT2D eigenvalue weighted by molar-refractivity contribution is 5.92. The van der Waals surface area contributed by atoms with Gasteiger partial charge in [0, 0.05) is 24.7 Å². The summed E-state index contributed by atoms with van der Waals surface area (Å²) < 4.78 is 0. The van der Waals surface area contributed by atoms with Gasteiger partial charge in [0.05, 0.1) is 18.1 Å². The van der Waals surface area contributed by atoms with Gasteiger partial charge in [0.25, 0.3) is 5.91 Å². The third-order valence-corrected chi connectivity index (χ3v) is 5.71. The van der Waals surface area contributed by atoms with Crippen LogP contribution in [0.15, 0.2) is 30.6 Å². The first-order chi connectivity index (χ1) is 13.7. The molecule has 2 saturated heterocycles. The molecule has 0 saturated carbocycles. The average molecular weight is 380 g/mol. The number of aromatic hydroxyl groups is 1. The molecule has 28 heavy (non-hydrogen) atoms. The molecular formula is C22H28N4O2. The van der Waals surface area contributed by atoms with E-state index in [1.54, 1.807) is 12.3 Å². The first-order valence-corrected chi connectivity index (χ1v) is 10.4. The lowest BCUT2D eigenvalue weighted by molar-refractivity contribution is 0.0786. The zero-order valence-electron chi connectivity index (χ0n) is 16.2. The number of hydrogen-bond acceptors (Lipinski definition) is 5. The Morgan fingerprint density at radius 1 is 1.14 bits per heavy atom. The number of phenols is 1. The minimum absolute atomic E-state index is 0.0596. The molecule has 4 rings (SSSR count). The van der Waals surface area contributed by atoms with Crippen LogP contribution in [0.4, 0.5) is 0 Å². The van der Waals surface area contributed by atoms with Crippen LogP contribution >= 0.6 is 0 Å². The van der Waals surface area contributed by atoms with E-state index in [0.717, 1.165) is 56.4 Å². The van der Waals surface area contributed by atoms with E-state index in [1.165, 1.54) is 25.5 Å². The lowest BCUT2D eigenvalue weighted by Gasteiger charge is -2.23. The molecule has 3 heterocycles. The Kier molecular flexibility index (Phi) is 5.86. The molecule has 6 nitrogen and oxygen atoms in total. The predicted molar refractivity (Wildman–Crippen MR) is 108 cm³/mol. The summed E-state index contributed by atoms with van der Waals surface area (Å²) in [5.74, 6) is 0.165. The predicted octanol–water partition coefficient (Wildman–Crippen LogP) is 3.16. The number of aromatic nitrogens is 2. The van der Waals surface area contributed by atoms with Gasteiger partial charge in [0.15, 0.2) is 0 Å². The quantitative estimate of drug-likeness (QED) is 0.833. The number of benzene rings is 1. The molecule has 0 radical (unpaired) electrons. The molecule has 0 bridgehead atoms. The van der Waals surface area contributed by atoms with Crippen molar-refractivity contribution in [2.24, 2.45) is 0 Å². The van der Waals surface area contributed by atoms with E-state index in [0.29, 0.717) is 17.4 Å². The van der Waals surface area contributed by atoms with E-state index in [1.807, 2.05) is 11.0 Å². The average Bonchev–Trinajstić information content (AvgIpc) is 3.27. The third kappa shape index (κ3) is 4.50. The Labute approximate surface area is 166 Å². The highest BCUT2D eigenvalue weighted by atomic mass is 16.3. The number of likely N-dealkylation sites (tertiary alicyclic amines) is 1. The van der Waals surface area contributed by atoms with Crippen molar-refractivity contribution in [2.75, 3.05) is 19.6 Å². The molecule has 2 aliphatic rings. The summed E-state index contributed by atoms with van der Waals surface area (Å²) in [4.78, 5) is 23.2. The van der Waals surface area contributed by atoms with Crippen molar-refractivity contribution in [1.82, 2.24) is 20.2 Å². The third-order valence-electron chi connectivity index (χ3n) is 5.71. The molecule has 148 valence electrons. The molecule has 2 N–H and O–H groups in total. The largest absolute Gasteiger partial charge is 0.508 e. The Morgan fingerprint density at radius 3 is 2.79 bits per heavy atom. The molecule has 0 aliphatic carbocycles. The molecule has 2 aliphatic heterocycles. The van der Waals surface area contributed by atoms with Crippen LogP contribution in [-0.2, 0) is 6.42 Å². The van der Waals surface area contributed by atoms with Crippen LogP contribution < -0.4 is 5.32 Å². The van der Waals surface area contributed by atoms with Crippen molar-refractivity contribution in [3.05, 3.63) is 41.9 Å². The molecule has 0 unspecified atom stereocenters. The Morgan fingerprint density at radius 2 is 2.00 bits per heavy atom. The first kappa shape index (κ1) is 18.9. The number of carbonyl (C=O) groups is 1. The van der Waals surface area contributed by atoms with Gasteiger partial charge in [-0.15, -0.1) is 0 Å². The van der Waals surface area contributed by atoms with Gasteiger partial charge in [-0.2, -0.15) is 0 Å². The minimum Gasteiger partial charge on any atom is -0.508 e. The summed E-state index contributed by atoms with van der Waals surface area (Å²) in [6.07, 6.45) is 11.0. The van der Waals surface area contributed by atoms with Gasteiger partial charge in [-0.05, 0) is 68.8 Å². The number of aryl methyl sites for hydroxylation is 1. The van der Waals surface area contributed by atoms with Crippen LogP contribution in [0.2, 0.25) is 0 Å². The molecule has 2 aromatic rings. The fourth-order valence-corrected chi connectivity index (χ4v) is 4.17. The van der Waals surface area contributed by atoms with E-state index < -0.39 is 0 Å². The Hall–Kier alpha value is -2.47. The highest BCUT2D eigenvalue weighted by Gasteiger charge is 2.21. The molecule has 1 amide bonds.